The highest BCUT2D eigenvalue weighted by Gasteiger charge is 2.48. The molecule has 0 saturated carbocycles. The van der Waals surface area contributed by atoms with Gasteiger partial charge in [-0.1, -0.05) is 13.3 Å². The summed E-state index contributed by atoms with van der Waals surface area (Å²) in [6, 6.07) is 0. The normalized spacial score (nSPS) is 34.7. The lowest BCUT2D eigenvalue weighted by Gasteiger charge is -2.33. The molecule has 2 heterocycles. The highest BCUT2D eigenvalue weighted by Crippen LogP contribution is 2.34. The quantitative estimate of drug-likeness (QED) is 0.804. The first-order chi connectivity index (χ1) is 8.93. The van der Waals surface area contributed by atoms with Crippen LogP contribution in [0.1, 0.15) is 46.0 Å². The van der Waals surface area contributed by atoms with E-state index in [9.17, 15) is 14.7 Å². The molecule has 0 spiro atoms. The summed E-state index contributed by atoms with van der Waals surface area (Å²) >= 11 is 0. The van der Waals surface area contributed by atoms with E-state index in [-0.39, 0.29) is 5.91 Å². The Morgan fingerprint density at radius 2 is 2.11 bits per heavy atom. The van der Waals surface area contributed by atoms with Crippen molar-refractivity contribution in [3.05, 3.63) is 0 Å². The van der Waals surface area contributed by atoms with Crippen LogP contribution < -0.4 is 5.32 Å². The molecule has 2 aliphatic rings. The van der Waals surface area contributed by atoms with Crippen LogP contribution in [0.3, 0.4) is 0 Å². The molecular formula is C14H24N2O3. The number of likely N-dealkylation sites (tertiary alicyclic amines) is 1. The fourth-order valence-electron chi connectivity index (χ4n) is 3.35. The fourth-order valence-corrected chi connectivity index (χ4v) is 3.35. The van der Waals surface area contributed by atoms with E-state index in [4.69, 9.17) is 0 Å². The third-order valence-corrected chi connectivity index (χ3v) is 4.61. The summed E-state index contributed by atoms with van der Waals surface area (Å²) < 4.78 is 0. The second-order valence-corrected chi connectivity index (χ2v) is 6.20. The molecule has 0 radical (unpaired) electrons. The van der Waals surface area contributed by atoms with Gasteiger partial charge >= 0.3 is 5.97 Å². The number of carbonyl (C=O) groups is 2. The van der Waals surface area contributed by atoms with Crippen LogP contribution in [0.15, 0.2) is 0 Å². The number of rotatable bonds is 4. The second kappa shape index (κ2) is 5.12. The number of carboxylic acid groups (broad SMARTS) is 1. The molecule has 2 rings (SSSR count). The van der Waals surface area contributed by atoms with E-state index < -0.39 is 16.9 Å². The highest BCUT2D eigenvalue weighted by atomic mass is 16.4. The van der Waals surface area contributed by atoms with Gasteiger partial charge in [0.2, 0.25) is 5.91 Å². The monoisotopic (exact) mass is 268 g/mol. The van der Waals surface area contributed by atoms with Crippen molar-refractivity contribution in [3.63, 3.8) is 0 Å². The van der Waals surface area contributed by atoms with E-state index in [0.717, 1.165) is 32.2 Å². The maximum Gasteiger partial charge on any atom is 0.311 e. The van der Waals surface area contributed by atoms with Crippen molar-refractivity contribution in [3.8, 4) is 0 Å². The molecule has 5 nitrogen and oxygen atoms in total. The topological polar surface area (TPSA) is 69.6 Å². The van der Waals surface area contributed by atoms with Crippen molar-refractivity contribution in [2.24, 2.45) is 5.41 Å². The number of hydrogen-bond donors (Lipinski definition) is 2. The van der Waals surface area contributed by atoms with Crippen LogP contribution in [0, 0.1) is 5.41 Å². The minimum Gasteiger partial charge on any atom is -0.481 e. The Kier molecular flexibility index (Phi) is 3.85. The number of amides is 1. The molecule has 1 amide bonds. The Hall–Kier alpha value is -1.10. The Morgan fingerprint density at radius 3 is 2.58 bits per heavy atom. The molecule has 108 valence electrons. The van der Waals surface area contributed by atoms with E-state index in [0.29, 0.717) is 19.5 Å². The minimum atomic E-state index is -0.799. The lowest BCUT2D eigenvalue weighted by molar-refractivity contribution is -0.147. The maximum atomic E-state index is 12.7. The van der Waals surface area contributed by atoms with Crippen molar-refractivity contribution in [2.45, 2.75) is 51.5 Å². The number of carbonyl (C=O) groups excluding carboxylic acids is 1. The van der Waals surface area contributed by atoms with Crippen LogP contribution in [-0.2, 0) is 9.59 Å². The fraction of sp³-hybridized carbons (Fsp3) is 0.857. The number of aliphatic carboxylic acids is 1. The van der Waals surface area contributed by atoms with Gasteiger partial charge in [-0.05, 0) is 39.2 Å². The van der Waals surface area contributed by atoms with Crippen LogP contribution >= 0.6 is 0 Å². The van der Waals surface area contributed by atoms with Gasteiger partial charge in [-0.2, -0.15) is 0 Å². The van der Waals surface area contributed by atoms with E-state index in [2.05, 4.69) is 12.2 Å². The van der Waals surface area contributed by atoms with Gasteiger partial charge in [0.25, 0.3) is 0 Å². The zero-order valence-electron chi connectivity index (χ0n) is 11.9. The van der Waals surface area contributed by atoms with Crippen LogP contribution in [-0.4, -0.2) is 47.1 Å². The van der Waals surface area contributed by atoms with Crippen molar-refractivity contribution < 1.29 is 14.7 Å². The summed E-state index contributed by atoms with van der Waals surface area (Å²) in [5.41, 5.74) is -1.21. The first-order valence-corrected chi connectivity index (χ1v) is 7.21. The molecular weight excluding hydrogens is 244 g/mol. The lowest BCUT2D eigenvalue weighted by Crippen LogP contribution is -2.54. The second-order valence-electron chi connectivity index (χ2n) is 6.20. The van der Waals surface area contributed by atoms with Crippen molar-refractivity contribution in [2.75, 3.05) is 19.6 Å². The van der Waals surface area contributed by atoms with Gasteiger partial charge in [0.15, 0.2) is 0 Å². The summed E-state index contributed by atoms with van der Waals surface area (Å²) in [6.45, 7) is 5.61. The summed E-state index contributed by atoms with van der Waals surface area (Å²) in [4.78, 5) is 25.8. The van der Waals surface area contributed by atoms with E-state index >= 15 is 0 Å². The van der Waals surface area contributed by atoms with Gasteiger partial charge in [0.05, 0.1) is 11.0 Å². The largest absolute Gasteiger partial charge is 0.481 e. The third-order valence-electron chi connectivity index (χ3n) is 4.61. The van der Waals surface area contributed by atoms with Crippen LogP contribution in [0.25, 0.3) is 0 Å². The number of nitrogens with zero attached hydrogens (tertiary/aromatic N) is 1. The van der Waals surface area contributed by atoms with Crippen LogP contribution in [0.5, 0.6) is 0 Å². The molecule has 0 bridgehead atoms. The molecule has 2 N–H and O–H groups in total. The summed E-state index contributed by atoms with van der Waals surface area (Å²) in [7, 11) is 0. The number of nitrogens with one attached hydrogen (secondary N) is 1. The van der Waals surface area contributed by atoms with Crippen molar-refractivity contribution in [1.29, 1.82) is 0 Å². The van der Waals surface area contributed by atoms with Gasteiger partial charge in [-0.3, -0.25) is 9.59 Å². The molecule has 5 heteroatoms. The van der Waals surface area contributed by atoms with Crippen molar-refractivity contribution >= 4 is 11.9 Å². The molecule has 0 aromatic heterocycles. The molecule has 0 aromatic carbocycles. The first-order valence-electron chi connectivity index (χ1n) is 7.21. The summed E-state index contributed by atoms with van der Waals surface area (Å²) in [6.07, 6.45) is 4.25. The van der Waals surface area contributed by atoms with Gasteiger partial charge in [-0.25, -0.2) is 0 Å². The third kappa shape index (κ3) is 2.48. The summed E-state index contributed by atoms with van der Waals surface area (Å²) in [5, 5.41) is 12.6. The molecule has 2 aliphatic heterocycles. The zero-order valence-corrected chi connectivity index (χ0v) is 11.9. The smallest absolute Gasteiger partial charge is 0.311 e. The Balaban J connectivity index is 2.10. The van der Waals surface area contributed by atoms with Crippen molar-refractivity contribution in [1.82, 2.24) is 10.2 Å². The van der Waals surface area contributed by atoms with E-state index in [1.807, 2.05) is 0 Å². The van der Waals surface area contributed by atoms with E-state index in [1.54, 1.807) is 11.8 Å². The Labute approximate surface area is 114 Å². The van der Waals surface area contributed by atoms with Gasteiger partial charge in [0.1, 0.15) is 0 Å². The van der Waals surface area contributed by atoms with Gasteiger partial charge < -0.3 is 15.3 Å². The first kappa shape index (κ1) is 14.3. The van der Waals surface area contributed by atoms with Gasteiger partial charge in [0, 0.05) is 13.1 Å². The predicted molar refractivity (Wildman–Crippen MR) is 71.8 cm³/mol. The standard InChI is InChI=1S/C14H24N2O3/c1-3-5-14(6-4-8-15-14)11(17)16-9-7-13(2,10-16)12(18)19/h15H,3-10H2,1-2H3,(H,18,19). The lowest BCUT2D eigenvalue weighted by atomic mass is 9.89. The van der Waals surface area contributed by atoms with E-state index in [1.165, 1.54) is 0 Å². The highest BCUT2D eigenvalue weighted by molar-refractivity contribution is 5.88. The van der Waals surface area contributed by atoms with Crippen LogP contribution in [0.4, 0.5) is 0 Å². The average molecular weight is 268 g/mol. The average Bonchev–Trinajstić information content (AvgIpc) is 2.97. The molecule has 2 fully saturated rings. The Morgan fingerprint density at radius 1 is 1.37 bits per heavy atom. The SMILES string of the molecule is CCCC1(C(=O)N2CCC(C)(C(=O)O)C2)CCCN1. The summed E-state index contributed by atoms with van der Waals surface area (Å²) in [5.74, 6) is -0.691. The predicted octanol–water partition coefficient (Wildman–Crippen LogP) is 1.23. The van der Waals surface area contributed by atoms with Crippen LogP contribution in [0.2, 0.25) is 0 Å². The Bertz CT molecular complexity index is 377. The molecule has 2 saturated heterocycles. The molecule has 19 heavy (non-hydrogen) atoms. The number of hydrogen-bond acceptors (Lipinski definition) is 3. The molecule has 2 unspecified atom stereocenters. The maximum absolute atomic E-state index is 12.7. The molecule has 2 atom stereocenters. The molecule has 0 aliphatic carbocycles. The number of carboxylic acids is 1. The minimum absolute atomic E-state index is 0.108. The van der Waals surface area contributed by atoms with Gasteiger partial charge in [-0.15, -0.1) is 0 Å². The molecule has 0 aromatic rings. The zero-order chi connectivity index (χ0) is 14.1.